The highest BCUT2D eigenvalue weighted by atomic mass is 35.5. The molecule has 0 bridgehead atoms. The van der Waals surface area contributed by atoms with Crippen LogP contribution in [0.15, 0.2) is 35.3 Å². The molecular weight excluding hydrogens is 344 g/mol. The predicted molar refractivity (Wildman–Crippen MR) is 76.5 cm³/mol. The zero-order valence-corrected chi connectivity index (χ0v) is 12.1. The third kappa shape index (κ3) is 3.42. The second-order valence-corrected chi connectivity index (χ2v) is 4.97. The van der Waals surface area contributed by atoms with E-state index in [0.717, 1.165) is 0 Å². The van der Waals surface area contributed by atoms with Gasteiger partial charge in [-0.1, -0.05) is 29.3 Å². The van der Waals surface area contributed by atoms with Gasteiger partial charge in [0.2, 0.25) is 0 Å². The van der Waals surface area contributed by atoms with E-state index in [1.54, 1.807) is 0 Å². The Morgan fingerprint density at radius 3 is 2.55 bits per heavy atom. The monoisotopic (exact) mass is 350 g/mol. The number of pyridine rings is 1. The van der Waals surface area contributed by atoms with Crippen molar-refractivity contribution in [2.45, 2.75) is 6.18 Å². The fraction of sp³-hybridized carbons (Fsp3) is 0.0769. The number of amides is 1. The molecule has 1 aromatic heterocycles. The first-order chi connectivity index (χ1) is 10.2. The van der Waals surface area contributed by atoms with Crippen LogP contribution in [-0.4, -0.2) is 10.9 Å². The molecule has 0 radical (unpaired) electrons. The van der Waals surface area contributed by atoms with Crippen LogP contribution in [0.25, 0.3) is 0 Å². The standard InChI is InChI=1S/C13H7Cl2F3N2O2/c14-8-3-1-2-7(10(8)15)11(21)20-9-4-6(13(16,17)18)5-19-12(9)22/h1-5H,(H,19,22)(H,20,21). The summed E-state index contributed by atoms with van der Waals surface area (Å²) >= 11 is 11.6. The van der Waals surface area contributed by atoms with Crippen molar-refractivity contribution in [1.82, 2.24) is 4.98 Å². The first kappa shape index (κ1) is 16.4. The summed E-state index contributed by atoms with van der Waals surface area (Å²) in [5, 5.41) is 2.12. The summed E-state index contributed by atoms with van der Waals surface area (Å²) in [6.07, 6.45) is -4.14. The minimum absolute atomic E-state index is 0.0639. The summed E-state index contributed by atoms with van der Waals surface area (Å²) in [5.41, 5.74) is -2.58. The van der Waals surface area contributed by atoms with E-state index in [1.807, 2.05) is 4.98 Å². The molecule has 0 spiro atoms. The average molecular weight is 351 g/mol. The van der Waals surface area contributed by atoms with Crippen molar-refractivity contribution in [3.8, 4) is 0 Å². The van der Waals surface area contributed by atoms with Crippen LogP contribution in [0.4, 0.5) is 18.9 Å². The summed E-state index contributed by atoms with van der Waals surface area (Å²) in [4.78, 5) is 25.4. The molecule has 22 heavy (non-hydrogen) atoms. The molecule has 4 nitrogen and oxygen atoms in total. The fourth-order valence-electron chi connectivity index (χ4n) is 1.61. The van der Waals surface area contributed by atoms with Gasteiger partial charge in [0.1, 0.15) is 5.69 Å². The van der Waals surface area contributed by atoms with Crippen molar-refractivity contribution in [2.75, 3.05) is 5.32 Å². The second-order valence-electron chi connectivity index (χ2n) is 4.18. The van der Waals surface area contributed by atoms with Gasteiger partial charge < -0.3 is 10.3 Å². The van der Waals surface area contributed by atoms with Crippen LogP contribution in [0, 0.1) is 0 Å². The molecule has 1 aromatic carbocycles. The molecule has 2 aromatic rings. The second kappa shape index (κ2) is 6.02. The first-order valence-corrected chi connectivity index (χ1v) is 6.51. The number of anilines is 1. The molecule has 0 unspecified atom stereocenters. The lowest BCUT2D eigenvalue weighted by Crippen LogP contribution is -2.21. The maximum atomic E-state index is 12.6. The Labute approximate surface area is 131 Å². The Kier molecular flexibility index (Phi) is 4.48. The summed E-state index contributed by atoms with van der Waals surface area (Å²) in [6.45, 7) is 0. The molecule has 0 saturated carbocycles. The number of H-pyrrole nitrogens is 1. The van der Waals surface area contributed by atoms with Crippen molar-refractivity contribution in [3.63, 3.8) is 0 Å². The topological polar surface area (TPSA) is 62.0 Å². The van der Waals surface area contributed by atoms with E-state index < -0.39 is 28.9 Å². The highest BCUT2D eigenvalue weighted by Gasteiger charge is 2.31. The molecule has 0 aliphatic rings. The van der Waals surface area contributed by atoms with Gasteiger partial charge in [-0.25, -0.2) is 0 Å². The lowest BCUT2D eigenvalue weighted by atomic mass is 10.2. The van der Waals surface area contributed by atoms with Gasteiger partial charge in [0.15, 0.2) is 0 Å². The number of carbonyl (C=O) groups is 1. The van der Waals surface area contributed by atoms with Crippen LogP contribution in [0.1, 0.15) is 15.9 Å². The number of aromatic nitrogens is 1. The number of hydrogen-bond acceptors (Lipinski definition) is 2. The Morgan fingerprint density at radius 1 is 1.23 bits per heavy atom. The van der Waals surface area contributed by atoms with Gasteiger partial charge >= 0.3 is 6.18 Å². The number of aromatic amines is 1. The van der Waals surface area contributed by atoms with Crippen LogP contribution >= 0.6 is 23.2 Å². The number of halogens is 5. The van der Waals surface area contributed by atoms with Crippen LogP contribution in [0.2, 0.25) is 10.0 Å². The number of benzene rings is 1. The minimum atomic E-state index is -4.66. The molecule has 1 amide bonds. The van der Waals surface area contributed by atoms with E-state index in [2.05, 4.69) is 5.32 Å². The molecule has 2 rings (SSSR count). The van der Waals surface area contributed by atoms with Crippen LogP contribution < -0.4 is 10.9 Å². The molecule has 1 heterocycles. The van der Waals surface area contributed by atoms with Gasteiger partial charge in [0.25, 0.3) is 11.5 Å². The first-order valence-electron chi connectivity index (χ1n) is 5.75. The smallest absolute Gasteiger partial charge is 0.327 e. The van der Waals surface area contributed by atoms with E-state index in [0.29, 0.717) is 12.3 Å². The number of rotatable bonds is 2. The summed E-state index contributed by atoms with van der Waals surface area (Å²) in [7, 11) is 0. The maximum Gasteiger partial charge on any atom is 0.417 e. The molecule has 0 atom stereocenters. The molecular formula is C13H7Cl2F3N2O2. The number of alkyl halides is 3. The van der Waals surface area contributed by atoms with Crippen LogP contribution in [0.5, 0.6) is 0 Å². The normalized spacial score (nSPS) is 11.3. The average Bonchev–Trinajstić information content (AvgIpc) is 2.43. The minimum Gasteiger partial charge on any atom is -0.327 e. The molecule has 0 fully saturated rings. The molecule has 0 aliphatic heterocycles. The highest BCUT2D eigenvalue weighted by molar-refractivity contribution is 6.44. The lowest BCUT2D eigenvalue weighted by Gasteiger charge is -2.10. The van der Waals surface area contributed by atoms with Gasteiger partial charge in [-0.05, 0) is 18.2 Å². The van der Waals surface area contributed by atoms with Crippen LogP contribution in [-0.2, 0) is 6.18 Å². The Morgan fingerprint density at radius 2 is 1.91 bits per heavy atom. The molecule has 9 heteroatoms. The third-order valence-electron chi connectivity index (χ3n) is 2.67. The van der Waals surface area contributed by atoms with E-state index in [1.165, 1.54) is 18.2 Å². The zero-order valence-electron chi connectivity index (χ0n) is 10.6. The van der Waals surface area contributed by atoms with Crippen molar-refractivity contribution < 1.29 is 18.0 Å². The van der Waals surface area contributed by atoms with Gasteiger partial charge in [-0.2, -0.15) is 13.2 Å². The van der Waals surface area contributed by atoms with Gasteiger partial charge in [-0.3, -0.25) is 9.59 Å². The number of carbonyl (C=O) groups excluding carboxylic acids is 1. The largest absolute Gasteiger partial charge is 0.417 e. The predicted octanol–water partition coefficient (Wildman–Crippen LogP) is 3.95. The number of nitrogens with one attached hydrogen (secondary N) is 2. The summed E-state index contributed by atoms with van der Waals surface area (Å²) < 4.78 is 37.8. The van der Waals surface area contributed by atoms with Crippen molar-refractivity contribution >= 4 is 34.8 Å². The zero-order chi connectivity index (χ0) is 16.5. The van der Waals surface area contributed by atoms with Gasteiger partial charge in [0, 0.05) is 6.20 Å². The fourth-order valence-corrected chi connectivity index (χ4v) is 2.00. The van der Waals surface area contributed by atoms with Crippen molar-refractivity contribution in [1.29, 1.82) is 0 Å². The lowest BCUT2D eigenvalue weighted by molar-refractivity contribution is -0.137. The SMILES string of the molecule is O=C(Nc1cc(C(F)(F)F)c[nH]c1=O)c1cccc(Cl)c1Cl. The molecule has 2 N–H and O–H groups in total. The summed E-state index contributed by atoms with van der Waals surface area (Å²) in [5.74, 6) is -0.850. The van der Waals surface area contributed by atoms with Crippen molar-refractivity contribution in [2.24, 2.45) is 0 Å². The molecule has 116 valence electrons. The Bertz CT molecular complexity index is 788. The van der Waals surface area contributed by atoms with Gasteiger partial charge in [-0.15, -0.1) is 0 Å². The van der Waals surface area contributed by atoms with Crippen molar-refractivity contribution in [3.05, 3.63) is 62.0 Å². The van der Waals surface area contributed by atoms with E-state index in [9.17, 15) is 22.8 Å². The highest BCUT2D eigenvalue weighted by Crippen LogP contribution is 2.30. The molecule has 0 aliphatic carbocycles. The van der Waals surface area contributed by atoms with Crippen LogP contribution in [0.3, 0.4) is 0 Å². The van der Waals surface area contributed by atoms with Gasteiger partial charge in [0.05, 0.1) is 21.2 Å². The third-order valence-corrected chi connectivity index (χ3v) is 3.49. The Balaban J connectivity index is 2.36. The number of hydrogen-bond donors (Lipinski definition) is 2. The Hall–Kier alpha value is -1.99. The van der Waals surface area contributed by atoms with E-state index >= 15 is 0 Å². The maximum absolute atomic E-state index is 12.6. The van der Waals surface area contributed by atoms with E-state index in [-0.39, 0.29) is 15.6 Å². The van der Waals surface area contributed by atoms with E-state index in [4.69, 9.17) is 23.2 Å². The molecule has 0 saturated heterocycles. The summed E-state index contributed by atoms with van der Waals surface area (Å²) in [6, 6.07) is 4.75. The quantitative estimate of drug-likeness (QED) is 0.861.